The molecule has 0 aliphatic carbocycles. The van der Waals surface area contributed by atoms with Gasteiger partial charge < -0.3 is 19.9 Å². The number of benzene rings is 1. The van der Waals surface area contributed by atoms with E-state index in [1.54, 1.807) is 12.1 Å². The number of carboxylic acids is 1. The van der Waals surface area contributed by atoms with Crippen molar-refractivity contribution >= 4 is 40.5 Å². The third-order valence-corrected chi connectivity index (χ3v) is 3.26. The summed E-state index contributed by atoms with van der Waals surface area (Å²) < 4.78 is 11.8. The summed E-state index contributed by atoms with van der Waals surface area (Å²) in [6, 6.07) is 3.41. The van der Waals surface area contributed by atoms with Crippen LogP contribution in [-0.4, -0.2) is 30.2 Å². The first-order valence-corrected chi connectivity index (χ1v) is 7.59. The van der Waals surface area contributed by atoms with E-state index in [4.69, 9.17) is 14.6 Å². The van der Waals surface area contributed by atoms with Crippen LogP contribution in [0.15, 0.2) is 17.8 Å². The van der Waals surface area contributed by atoms with E-state index in [1.807, 2.05) is 13.8 Å². The number of carboxylic acid groups (broad SMARTS) is 1. The molecule has 0 aliphatic rings. The molecule has 1 aromatic carbocycles. The van der Waals surface area contributed by atoms with E-state index in [0.29, 0.717) is 17.1 Å². The van der Waals surface area contributed by atoms with Crippen molar-refractivity contribution in [3.8, 4) is 11.5 Å². The predicted molar refractivity (Wildman–Crippen MR) is 90.9 cm³/mol. The Bertz CT molecular complexity index is 610. The van der Waals surface area contributed by atoms with Crippen molar-refractivity contribution in [2.45, 2.75) is 26.9 Å². The second-order valence-corrected chi connectivity index (χ2v) is 5.91. The van der Waals surface area contributed by atoms with Crippen LogP contribution < -0.4 is 14.8 Å². The summed E-state index contributed by atoms with van der Waals surface area (Å²) >= 11 is 2.09. The number of hydrogen-bond acceptors (Lipinski definition) is 4. The number of amides is 1. The largest absolute Gasteiger partial charge is 0.493 e. The zero-order valence-electron chi connectivity index (χ0n) is 12.8. The molecule has 0 saturated heterocycles. The van der Waals surface area contributed by atoms with Gasteiger partial charge in [0.25, 0.3) is 0 Å². The third kappa shape index (κ3) is 5.21. The lowest BCUT2D eigenvalue weighted by Gasteiger charge is -2.16. The van der Waals surface area contributed by atoms with Crippen molar-refractivity contribution in [2.24, 2.45) is 0 Å². The van der Waals surface area contributed by atoms with Gasteiger partial charge in [-0.15, -0.1) is 0 Å². The van der Waals surface area contributed by atoms with E-state index in [2.05, 4.69) is 27.9 Å². The van der Waals surface area contributed by atoms with Crippen LogP contribution in [0.1, 0.15) is 26.3 Å². The Morgan fingerprint density at radius 2 is 2.00 bits per heavy atom. The minimum atomic E-state index is -1.22. The van der Waals surface area contributed by atoms with Crippen molar-refractivity contribution in [3.63, 3.8) is 0 Å². The molecule has 0 unspecified atom stereocenters. The molecular weight excluding hydrogens is 401 g/mol. The number of halogens is 1. The van der Waals surface area contributed by atoms with Gasteiger partial charge in [-0.25, -0.2) is 4.79 Å². The molecule has 7 heteroatoms. The zero-order valence-corrected chi connectivity index (χ0v) is 14.9. The topological polar surface area (TPSA) is 84.9 Å². The van der Waals surface area contributed by atoms with Crippen LogP contribution in [0.4, 0.5) is 0 Å². The number of carbonyl (C=O) groups is 2. The van der Waals surface area contributed by atoms with E-state index in [9.17, 15) is 9.59 Å². The zero-order chi connectivity index (χ0) is 16.9. The summed E-state index contributed by atoms with van der Waals surface area (Å²) in [6.07, 6.45) is 1.35. The highest BCUT2D eigenvalue weighted by atomic mass is 127. The summed E-state index contributed by atoms with van der Waals surface area (Å²) in [5, 5.41) is 11.4. The number of methoxy groups -OCH3 is 1. The maximum atomic E-state index is 11.2. The van der Waals surface area contributed by atoms with Crippen molar-refractivity contribution < 1.29 is 24.2 Å². The number of nitrogens with one attached hydrogen (secondary N) is 1. The predicted octanol–water partition coefficient (Wildman–Crippen LogP) is 2.65. The molecule has 120 valence electrons. The Balaban J connectivity index is 3.28. The van der Waals surface area contributed by atoms with Gasteiger partial charge in [-0.05, 0) is 60.2 Å². The molecular formula is C15H18INO5. The Kier molecular flexibility index (Phi) is 6.66. The Morgan fingerprint density at radius 1 is 1.36 bits per heavy atom. The standard InChI is InChI=1S/C15H18INO5/c1-8(2)22-14-11(16)5-10(7-13(14)21-4)6-12(15(19)20)17-9(3)18/h5-8H,1-4H3,(H,17,18)(H,19,20)/b12-6+. The van der Waals surface area contributed by atoms with Gasteiger partial charge in [0.05, 0.1) is 16.8 Å². The molecule has 0 aromatic heterocycles. The lowest BCUT2D eigenvalue weighted by molar-refractivity contribution is -0.134. The Hall–Kier alpha value is -1.77. The third-order valence-electron chi connectivity index (χ3n) is 2.46. The molecule has 1 amide bonds. The molecule has 0 spiro atoms. The Morgan fingerprint density at radius 3 is 2.45 bits per heavy atom. The fourth-order valence-corrected chi connectivity index (χ4v) is 2.43. The first kappa shape index (κ1) is 18.3. The van der Waals surface area contributed by atoms with Crippen molar-refractivity contribution in [1.82, 2.24) is 5.32 Å². The normalized spacial score (nSPS) is 11.3. The summed E-state index contributed by atoms with van der Waals surface area (Å²) in [6.45, 7) is 5.06. The monoisotopic (exact) mass is 419 g/mol. The molecule has 0 fully saturated rings. The number of hydrogen-bond donors (Lipinski definition) is 2. The van der Waals surface area contributed by atoms with Gasteiger partial charge in [0.1, 0.15) is 5.70 Å². The quantitative estimate of drug-likeness (QED) is 0.547. The number of ether oxygens (including phenoxy) is 2. The molecule has 0 bridgehead atoms. The van der Waals surface area contributed by atoms with Gasteiger partial charge >= 0.3 is 5.97 Å². The van der Waals surface area contributed by atoms with E-state index >= 15 is 0 Å². The van der Waals surface area contributed by atoms with Crippen LogP contribution in [0.3, 0.4) is 0 Å². The molecule has 0 atom stereocenters. The second-order valence-electron chi connectivity index (χ2n) is 4.75. The maximum absolute atomic E-state index is 11.2. The minimum Gasteiger partial charge on any atom is -0.493 e. The number of rotatable bonds is 6. The summed E-state index contributed by atoms with van der Waals surface area (Å²) in [5.41, 5.74) is 0.381. The fraction of sp³-hybridized carbons (Fsp3) is 0.333. The molecule has 0 saturated carbocycles. The summed E-state index contributed by atoms with van der Waals surface area (Å²) in [5.74, 6) is -0.562. The van der Waals surface area contributed by atoms with Gasteiger partial charge in [0.15, 0.2) is 11.5 Å². The van der Waals surface area contributed by atoms with Gasteiger partial charge in [-0.3, -0.25) is 4.79 Å². The highest BCUT2D eigenvalue weighted by Gasteiger charge is 2.14. The van der Waals surface area contributed by atoms with Crippen molar-refractivity contribution in [2.75, 3.05) is 7.11 Å². The van der Waals surface area contributed by atoms with E-state index in [0.717, 1.165) is 3.57 Å². The van der Waals surface area contributed by atoms with Crippen LogP contribution in [0, 0.1) is 3.57 Å². The summed E-state index contributed by atoms with van der Waals surface area (Å²) in [4.78, 5) is 22.2. The molecule has 1 rings (SSSR count). The average Bonchev–Trinajstić information content (AvgIpc) is 2.39. The van der Waals surface area contributed by atoms with Crippen LogP contribution in [0.5, 0.6) is 11.5 Å². The molecule has 6 nitrogen and oxygen atoms in total. The average molecular weight is 419 g/mol. The fourth-order valence-electron chi connectivity index (χ4n) is 1.68. The van der Waals surface area contributed by atoms with Crippen molar-refractivity contribution in [3.05, 3.63) is 27.0 Å². The lowest BCUT2D eigenvalue weighted by atomic mass is 10.1. The Labute approximate surface area is 142 Å². The van der Waals surface area contributed by atoms with E-state index in [-0.39, 0.29) is 11.8 Å². The summed E-state index contributed by atoms with van der Waals surface area (Å²) in [7, 11) is 1.51. The molecule has 22 heavy (non-hydrogen) atoms. The van der Waals surface area contributed by atoms with Gasteiger partial charge in [0, 0.05) is 6.92 Å². The highest BCUT2D eigenvalue weighted by molar-refractivity contribution is 14.1. The van der Waals surface area contributed by atoms with Crippen LogP contribution >= 0.6 is 22.6 Å². The maximum Gasteiger partial charge on any atom is 0.352 e. The number of aliphatic carboxylic acids is 1. The van der Waals surface area contributed by atoms with E-state index in [1.165, 1.54) is 20.1 Å². The van der Waals surface area contributed by atoms with Gasteiger partial charge in [-0.2, -0.15) is 0 Å². The van der Waals surface area contributed by atoms with Gasteiger partial charge in [0.2, 0.25) is 5.91 Å². The molecule has 0 heterocycles. The minimum absolute atomic E-state index is 0.0160. The van der Waals surface area contributed by atoms with E-state index < -0.39 is 11.9 Å². The van der Waals surface area contributed by atoms with Crippen LogP contribution in [0.2, 0.25) is 0 Å². The van der Waals surface area contributed by atoms with Crippen LogP contribution in [-0.2, 0) is 9.59 Å². The number of carbonyl (C=O) groups excluding carboxylic acids is 1. The van der Waals surface area contributed by atoms with Crippen LogP contribution in [0.25, 0.3) is 6.08 Å². The smallest absolute Gasteiger partial charge is 0.352 e. The lowest BCUT2D eigenvalue weighted by Crippen LogP contribution is -2.24. The van der Waals surface area contributed by atoms with Crippen molar-refractivity contribution in [1.29, 1.82) is 0 Å². The first-order valence-electron chi connectivity index (χ1n) is 6.51. The SMILES string of the molecule is COc1cc(/C=C(/NC(C)=O)C(=O)O)cc(I)c1OC(C)C. The van der Waals surface area contributed by atoms with Gasteiger partial charge in [-0.1, -0.05) is 0 Å². The molecule has 2 N–H and O–H groups in total. The first-order chi connectivity index (χ1) is 10.2. The molecule has 0 radical (unpaired) electrons. The molecule has 0 aliphatic heterocycles. The highest BCUT2D eigenvalue weighted by Crippen LogP contribution is 2.35. The second kappa shape index (κ2) is 8.02. The molecule has 1 aromatic rings.